The van der Waals surface area contributed by atoms with Crippen molar-refractivity contribution in [2.45, 2.75) is 0 Å². The van der Waals surface area contributed by atoms with E-state index in [-0.39, 0.29) is 0 Å². The molecule has 0 saturated carbocycles. The number of aromatic nitrogens is 2. The number of ether oxygens (including phenoxy) is 2. The largest absolute Gasteiger partial charge is 0.493 e. The molecule has 0 unspecified atom stereocenters. The van der Waals surface area contributed by atoms with Gasteiger partial charge in [0.2, 0.25) is 0 Å². The van der Waals surface area contributed by atoms with Gasteiger partial charge in [0.25, 0.3) is 0 Å². The summed E-state index contributed by atoms with van der Waals surface area (Å²) in [7, 11) is 3.19. The van der Waals surface area contributed by atoms with Crippen molar-refractivity contribution in [3.8, 4) is 11.5 Å². The zero-order valence-corrected chi connectivity index (χ0v) is 9.43. The van der Waals surface area contributed by atoms with Crippen LogP contribution in [0.4, 0.5) is 0 Å². The second-order valence-corrected chi connectivity index (χ2v) is 3.54. The monoisotopic (exact) mass is 230 g/mol. The zero-order chi connectivity index (χ0) is 11.8. The Balaban J connectivity index is 2.41. The standard InChI is InChI=1S/C12H10N2O3/c1-15-9-3-7-8(4-10(9)16-2)17-11-5-13-6-14-12(7)11/h3-6H,1-2H3. The number of methoxy groups -OCH3 is 2. The molecule has 0 spiro atoms. The van der Waals surface area contributed by atoms with Crippen LogP contribution in [0.1, 0.15) is 0 Å². The number of fused-ring (bicyclic) bond motifs is 3. The minimum atomic E-state index is 0.631. The Kier molecular flexibility index (Phi) is 2.11. The molecule has 0 bridgehead atoms. The molecule has 0 aliphatic rings. The predicted molar refractivity (Wildman–Crippen MR) is 62.4 cm³/mol. The van der Waals surface area contributed by atoms with Crippen molar-refractivity contribution in [2.75, 3.05) is 14.2 Å². The maximum absolute atomic E-state index is 5.63. The summed E-state index contributed by atoms with van der Waals surface area (Å²) < 4.78 is 16.1. The van der Waals surface area contributed by atoms with Gasteiger partial charge >= 0.3 is 0 Å². The molecule has 0 atom stereocenters. The van der Waals surface area contributed by atoms with Gasteiger partial charge in [-0.15, -0.1) is 0 Å². The Labute approximate surface area is 97.0 Å². The lowest BCUT2D eigenvalue weighted by Gasteiger charge is -2.06. The molecule has 3 aromatic rings. The minimum Gasteiger partial charge on any atom is -0.493 e. The number of hydrogen-bond donors (Lipinski definition) is 0. The van der Waals surface area contributed by atoms with Crippen LogP contribution in [0.3, 0.4) is 0 Å². The summed E-state index contributed by atoms with van der Waals surface area (Å²) in [5.74, 6) is 1.29. The number of benzene rings is 1. The third-order valence-electron chi connectivity index (χ3n) is 2.64. The van der Waals surface area contributed by atoms with Crippen molar-refractivity contribution < 1.29 is 13.9 Å². The molecule has 0 N–H and O–H groups in total. The number of rotatable bonds is 2. The molecular formula is C12H10N2O3. The topological polar surface area (TPSA) is 57.4 Å². The fourth-order valence-corrected chi connectivity index (χ4v) is 1.84. The lowest BCUT2D eigenvalue weighted by atomic mass is 10.2. The van der Waals surface area contributed by atoms with Gasteiger partial charge in [-0.1, -0.05) is 0 Å². The van der Waals surface area contributed by atoms with Crippen LogP contribution in [0.2, 0.25) is 0 Å². The van der Waals surface area contributed by atoms with E-state index in [0.29, 0.717) is 22.7 Å². The summed E-state index contributed by atoms with van der Waals surface area (Å²) in [4.78, 5) is 8.12. The van der Waals surface area contributed by atoms with E-state index in [1.807, 2.05) is 6.07 Å². The summed E-state index contributed by atoms with van der Waals surface area (Å²) in [6.07, 6.45) is 3.13. The first-order chi connectivity index (χ1) is 8.33. The highest BCUT2D eigenvalue weighted by Crippen LogP contribution is 2.36. The molecule has 0 aliphatic heterocycles. The van der Waals surface area contributed by atoms with Crippen molar-refractivity contribution in [2.24, 2.45) is 0 Å². The van der Waals surface area contributed by atoms with Gasteiger partial charge in [-0.3, -0.25) is 0 Å². The van der Waals surface area contributed by atoms with E-state index in [1.54, 1.807) is 26.5 Å². The van der Waals surface area contributed by atoms with Crippen LogP contribution in [-0.2, 0) is 0 Å². The smallest absolute Gasteiger partial charge is 0.172 e. The second-order valence-electron chi connectivity index (χ2n) is 3.54. The van der Waals surface area contributed by atoms with E-state index >= 15 is 0 Å². The Morgan fingerprint density at radius 2 is 1.82 bits per heavy atom. The van der Waals surface area contributed by atoms with Crippen LogP contribution in [0.25, 0.3) is 22.1 Å². The highest BCUT2D eigenvalue weighted by molar-refractivity contribution is 6.03. The average molecular weight is 230 g/mol. The highest BCUT2D eigenvalue weighted by Gasteiger charge is 2.13. The van der Waals surface area contributed by atoms with Gasteiger partial charge in [0.1, 0.15) is 17.4 Å². The fourth-order valence-electron chi connectivity index (χ4n) is 1.84. The molecule has 0 fully saturated rings. The number of hydrogen-bond acceptors (Lipinski definition) is 5. The van der Waals surface area contributed by atoms with Crippen molar-refractivity contribution >= 4 is 22.1 Å². The van der Waals surface area contributed by atoms with Gasteiger partial charge in [-0.05, 0) is 6.07 Å². The van der Waals surface area contributed by atoms with Gasteiger partial charge < -0.3 is 13.9 Å². The van der Waals surface area contributed by atoms with Crippen molar-refractivity contribution in [1.82, 2.24) is 9.97 Å². The van der Waals surface area contributed by atoms with Crippen molar-refractivity contribution in [3.05, 3.63) is 24.7 Å². The number of nitrogens with zero attached hydrogens (tertiary/aromatic N) is 2. The first-order valence-corrected chi connectivity index (χ1v) is 5.07. The first kappa shape index (κ1) is 9.89. The summed E-state index contributed by atoms with van der Waals surface area (Å²) in [5, 5.41) is 0.889. The maximum atomic E-state index is 5.63. The van der Waals surface area contributed by atoms with E-state index in [4.69, 9.17) is 13.9 Å². The molecule has 86 valence electrons. The molecule has 0 radical (unpaired) electrons. The van der Waals surface area contributed by atoms with Gasteiger partial charge in [-0.25, -0.2) is 9.97 Å². The molecule has 2 aromatic heterocycles. The Hall–Kier alpha value is -2.30. The quantitative estimate of drug-likeness (QED) is 0.676. The molecule has 5 nitrogen and oxygen atoms in total. The molecule has 1 aromatic carbocycles. The van der Waals surface area contributed by atoms with Crippen LogP contribution in [0.15, 0.2) is 29.1 Å². The average Bonchev–Trinajstić information content (AvgIpc) is 2.74. The van der Waals surface area contributed by atoms with E-state index < -0.39 is 0 Å². The van der Waals surface area contributed by atoms with Gasteiger partial charge in [0.15, 0.2) is 17.1 Å². The Bertz CT molecular complexity index is 691. The van der Waals surface area contributed by atoms with Gasteiger partial charge in [0, 0.05) is 6.07 Å². The molecule has 0 saturated heterocycles. The first-order valence-electron chi connectivity index (χ1n) is 5.07. The van der Waals surface area contributed by atoms with Crippen LogP contribution < -0.4 is 9.47 Å². The zero-order valence-electron chi connectivity index (χ0n) is 9.43. The lowest BCUT2D eigenvalue weighted by molar-refractivity contribution is 0.355. The summed E-state index contributed by atoms with van der Waals surface area (Å²) in [6, 6.07) is 3.64. The molecule has 3 rings (SSSR count). The molecule has 0 aliphatic carbocycles. The third kappa shape index (κ3) is 1.39. The number of furan rings is 1. The van der Waals surface area contributed by atoms with Crippen LogP contribution >= 0.6 is 0 Å². The van der Waals surface area contributed by atoms with Crippen LogP contribution in [0.5, 0.6) is 11.5 Å². The molecule has 17 heavy (non-hydrogen) atoms. The van der Waals surface area contributed by atoms with E-state index in [1.165, 1.54) is 6.33 Å². The van der Waals surface area contributed by atoms with E-state index in [0.717, 1.165) is 10.9 Å². The SMILES string of the molecule is COc1cc2oc3cncnc3c2cc1OC. The predicted octanol–water partition coefficient (Wildman–Crippen LogP) is 2.39. The van der Waals surface area contributed by atoms with Gasteiger partial charge in [-0.2, -0.15) is 0 Å². The van der Waals surface area contributed by atoms with E-state index in [2.05, 4.69) is 9.97 Å². The molecule has 5 heteroatoms. The van der Waals surface area contributed by atoms with Crippen LogP contribution in [0, 0.1) is 0 Å². The minimum absolute atomic E-state index is 0.631. The van der Waals surface area contributed by atoms with E-state index in [9.17, 15) is 0 Å². The summed E-state index contributed by atoms with van der Waals surface area (Å²) >= 11 is 0. The molecular weight excluding hydrogens is 220 g/mol. The van der Waals surface area contributed by atoms with Gasteiger partial charge in [0.05, 0.1) is 25.8 Å². The van der Waals surface area contributed by atoms with Crippen molar-refractivity contribution in [1.29, 1.82) is 0 Å². The maximum Gasteiger partial charge on any atom is 0.172 e. The normalized spacial score (nSPS) is 10.9. The second kappa shape index (κ2) is 3.62. The van der Waals surface area contributed by atoms with Crippen molar-refractivity contribution in [3.63, 3.8) is 0 Å². The molecule has 0 amide bonds. The summed E-state index contributed by atoms with van der Waals surface area (Å²) in [6.45, 7) is 0. The fraction of sp³-hybridized carbons (Fsp3) is 0.167. The lowest BCUT2D eigenvalue weighted by Crippen LogP contribution is -1.89. The summed E-state index contributed by atoms with van der Waals surface area (Å²) in [5.41, 5.74) is 2.13. The Morgan fingerprint density at radius 1 is 1.06 bits per heavy atom. The molecule has 2 heterocycles. The highest BCUT2D eigenvalue weighted by atomic mass is 16.5. The Morgan fingerprint density at radius 3 is 2.59 bits per heavy atom. The third-order valence-corrected chi connectivity index (χ3v) is 2.64. The van der Waals surface area contributed by atoms with Crippen LogP contribution in [-0.4, -0.2) is 24.2 Å².